The summed E-state index contributed by atoms with van der Waals surface area (Å²) in [4.78, 5) is 0.184. The van der Waals surface area contributed by atoms with Crippen LogP contribution in [0.4, 0.5) is 0 Å². The summed E-state index contributed by atoms with van der Waals surface area (Å²) in [5, 5.41) is 10.00. The van der Waals surface area contributed by atoms with E-state index in [4.69, 9.17) is 0 Å². The Kier molecular flexibility index (Phi) is 5.16. The average molecular weight is 370 g/mol. The molecule has 2 N–H and O–H groups in total. The zero-order valence-electron chi connectivity index (χ0n) is 11.5. The predicted octanol–water partition coefficient (Wildman–Crippen LogP) is 2.77. The third-order valence-electron chi connectivity index (χ3n) is 3.09. The number of aliphatic hydroxyl groups is 1. The molecule has 6 heteroatoms. The first kappa shape index (κ1) is 16.2. The van der Waals surface area contributed by atoms with E-state index >= 15 is 0 Å². The molecule has 4 nitrogen and oxygen atoms in total. The van der Waals surface area contributed by atoms with Gasteiger partial charge in [-0.1, -0.05) is 46.3 Å². The molecule has 0 radical (unpaired) electrons. The van der Waals surface area contributed by atoms with Crippen molar-refractivity contribution in [1.29, 1.82) is 0 Å². The molecule has 112 valence electrons. The molecule has 0 aliphatic carbocycles. The first-order valence-corrected chi connectivity index (χ1v) is 8.66. The van der Waals surface area contributed by atoms with E-state index in [1.807, 2.05) is 13.0 Å². The van der Waals surface area contributed by atoms with Gasteiger partial charge < -0.3 is 5.11 Å². The van der Waals surface area contributed by atoms with Crippen molar-refractivity contribution < 1.29 is 13.5 Å². The Morgan fingerprint density at radius 1 is 1.19 bits per heavy atom. The Morgan fingerprint density at radius 3 is 2.48 bits per heavy atom. The lowest BCUT2D eigenvalue weighted by Gasteiger charge is -2.13. The van der Waals surface area contributed by atoms with Crippen LogP contribution in [0.2, 0.25) is 0 Å². The summed E-state index contributed by atoms with van der Waals surface area (Å²) in [6, 6.07) is 13.7. The van der Waals surface area contributed by atoms with Crippen molar-refractivity contribution in [3.05, 3.63) is 64.1 Å². The van der Waals surface area contributed by atoms with Crippen LogP contribution in [0, 0.1) is 6.92 Å². The average Bonchev–Trinajstić information content (AvgIpc) is 2.48. The maximum atomic E-state index is 12.2. The molecule has 0 amide bonds. The van der Waals surface area contributed by atoms with Crippen LogP contribution in [-0.4, -0.2) is 20.1 Å². The third-order valence-corrected chi connectivity index (χ3v) is 5.40. The van der Waals surface area contributed by atoms with E-state index in [0.717, 1.165) is 10.0 Å². The van der Waals surface area contributed by atoms with Crippen molar-refractivity contribution in [1.82, 2.24) is 4.72 Å². The van der Waals surface area contributed by atoms with Crippen molar-refractivity contribution >= 4 is 26.0 Å². The number of aryl methyl sites for hydroxylation is 1. The SMILES string of the molecule is Cc1cc(S(=O)(=O)NCC(O)c2ccccc2)ccc1Br. The number of nitrogens with one attached hydrogen (secondary N) is 1. The molecule has 0 bridgehead atoms. The first-order chi connectivity index (χ1) is 9.90. The van der Waals surface area contributed by atoms with Gasteiger partial charge in [0.15, 0.2) is 0 Å². The van der Waals surface area contributed by atoms with Gasteiger partial charge in [0.05, 0.1) is 11.0 Å². The predicted molar refractivity (Wildman–Crippen MR) is 85.5 cm³/mol. The lowest BCUT2D eigenvalue weighted by atomic mass is 10.1. The number of hydrogen-bond acceptors (Lipinski definition) is 3. The molecular formula is C15H16BrNO3S. The largest absolute Gasteiger partial charge is 0.387 e. The van der Waals surface area contributed by atoms with Crippen LogP contribution in [0.1, 0.15) is 17.2 Å². The summed E-state index contributed by atoms with van der Waals surface area (Å²) >= 11 is 3.33. The fourth-order valence-corrected chi connectivity index (χ4v) is 3.22. The van der Waals surface area contributed by atoms with Gasteiger partial charge in [0.1, 0.15) is 0 Å². The van der Waals surface area contributed by atoms with Crippen LogP contribution in [0.15, 0.2) is 57.9 Å². The van der Waals surface area contributed by atoms with Crippen molar-refractivity contribution in [2.24, 2.45) is 0 Å². The Bertz CT molecular complexity index is 717. The molecule has 0 fully saturated rings. The summed E-state index contributed by atoms with van der Waals surface area (Å²) in [6.07, 6.45) is -0.877. The van der Waals surface area contributed by atoms with E-state index < -0.39 is 16.1 Å². The topological polar surface area (TPSA) is 66.4 Å². The maximum Gasteiger partial charge on any atom is 0.240 e. The maximum absolute atomic E-state index is 12.2. The summed E-state index contributed by atoms with van der Waals surface area (Å²) < 4.78 is 27.7. The van der Waals surface area contributed by atoms with Crippen LogP contribution in [0.3, 0.4) is 0 Å². The van der Waals surface area contributed by atoms with Gasteiger partial charge in [-0.3, -0.25) is 0 Å². The molecular weight excluding hydrogens is 354 g/mol. The van der Waals surface area contributed by atoms with Crippen molar-refractivity contribution in [2.45, 2.75) is 17.9 Å². The fraction of sp³-hybridized carbons (Fsp3) is 0.200. The second-order valence-corrected chi connectivity index (χ2v) is 7.31. The second-order valence-electron chi connectivity index (χ2n) is 4.69. The second kappa shape index (κ2) is 6.70. The first-order valence-electron chi connectivity index (χ1n) is 6.39. The Labute approximate surface area is 133 Å². The van der Waals surface area contributed by atoms with Crippen LogP contribution >= 0.6 is 15.9 Å². The molecule has 0 aliphatic heterocycles. The number of aliphatic hydroxyl groups excluding tert-OH is 1. The van der Waals surface area contributed by atoms with E-state index in [1.54, 1.807) is 36.4 Å². The van der Waals surface area contributed by atoms with Gasteiger partial charge in [0, 0.05) is 11.0 Å². The Morgan fingerprint density at radius 2 is 1.86 bits per heavy atom. The van der Waals surface area contributed by atoms with Crippen molar-refractivity contribution in [3.63, 3.8) is 0 Å². The van der Waals surface area contributed by atoms with Gasteiger partial charge in [-0.2, -0.15) is 0 Å². The molecule has 0 aliphatic rings. The smallest absolute Gasteiger partial charge is 0.240 e. The number of sulfonamides is 1. The summed E-state index contributed by atoms with van der Waals surface area (Å²) in [6.45, 7) is 1.75. The van der Waals surface area contributed by atoms with Gasteiger partial charge >= 0.3 is 0 Å². The minimum Gasteiger partial charge on any atom is -0.387 e. The van der Waals surface area contributed by atoms with Gasteiger partial charge in [0.25, 0.3) is 0 Å². The van der Waals surface area contributed by atoms with Crippen molar-refractivity contribution in [2.75, 3.05) is 6.54 Å². The highest BCUT2D eigenvalue weighted by molar-refractivity contribution is 9.10. The van der Waals surface area contributed by atoms with E-state index in [0.29, 0.717) is 5.56 Å². The van der Waals surface area contributed by atoms with E-state index in [-0.39, 0.29) is 11.4 Å². The number of hydrogen-bond donors (Lipinski definition) is 2. The molecule has 0 aromatic heterocycles. The highest BCUT2D eigenvalue weighted by Gasteiger charge is 2.17. The molecule has 0 spiro atoms. The zero-order chi connectivity index (χ0) is 15.5. The molecule has 2 rings (SSSR count). The zero-order valence-corrected chi connectivity index (χ0v) is 13.9. The van der Waals surface area contributed by atoms with E-state index in [2.05, 4.69) is 20.7 Å². The minimum atomic E-state index is -3.63. The quantitative estimate of drug-likeness (QED) is 0.851. The summed E-state index contributed by atoms with van der Waals surface area (Å²) in [5.74, 6) is 0. The minimum absolute atomic E-state index is 0.0680. The number of halogens is 1. The third kappa shape index (κ3) is 4.14. The van der Waals surface area contributed by atoms with Crippen LogP contribution in [0.25, 0.3) is 0 Å². The van der Waals surface area contributed by atoms with E-state index in [1.165, 1.54) is 6.07 Å². The molecule has 1 unspecified atom stereocenters. The molecule has 0 heterocycles. The molecule has 21 heavy (non-hydrogen) atoms. The molecule has 1 atom stereocenters. The monoisotopic (exact) mass is 369 g/mol. The fourth-order valence-electron chi connectivity index (χ4n) is 1.85. The molecule has 2 aromatic carbocycles. The Hall–Kier alpha value is -1.21. The van der Waals surface area contributed by atoms with Gasteiger partial charge in [-0.15, -0.1) is 0 Å². The normalized spacial score (nSPS) is 13.1. The lowest BCUT2D eigenvalue weighted by molar-refractivity contribution is 0.182. The van der Waals surface area contributed by atoms with Crippen LogP contribution in [-0.2, 0) is 10.0 Å². The summed E-state index contributed by atoms with van der Waals surface area (Å²) in [7, 11) is -3.63. The highest BCUT2D eigenvalue weighted by atomic mass is 79.9. The molecule has 0 saturated heterocycles. The van der Waals surface area contributed by atoms with Crippen LogP contribution in [0.5, 0.6) is 0 Å². The lowest BCUT2D eigenvalue weighted by Crippen LogP contribution is -2.28. The summed E-state index contributed by atoms with van der Waals surface area (Å²) in [5.41, 5.74) is 1.51. The Balaban J connectivity index is 2.09. The number of benzene rings is 2. The molecule has 2 aromatic rings. The van der Waals surface area contributed by atoms with Gasteiger partial charge in [-0.05, 0) is 36.2 Å². The molecule has 0 saturated carbocycles. The van der Waals surface area contributed by atoms with Gasteiger partial charge in [0.2, 0.25) is 10.0 Å². The van der Waals surface area contributed by atoms with Crippen molar-refractivity contribution in [3.8, 4) is 0 Å². The number of rotatable bonds is 5. The standard InChI is InChI=1S/C15H16BrNO3S/c1-11-9-13(7-8-14(11)16)21(19,20)17-10-15(18)12-5-3-2-4-6-12/h2-9,15,17-18H,10H2,1H3. The van der Waals surface area contributed by atoms with E-state index in [9.17, 15) is 13.5 Å². The van der Waals surface area contributed by atoms with Crippen LogP contribution < -0.4 is 4.72 Å². The highest BCUT2D eigenvalue weighted by Crippen LogP contribution is 2.20. The van der Waals surface area contributed by atoms with Gasteiger partial charge in [-0.25, -0.2) is 13.1 Å².